The van der Waals surface area contributed by atoms with Crippen LogP contribution in [0.4, 0.5) is 0 Å². The molecule has 0 aromatic carbocycles. The highest BCUT2D eigenvalue weighted by Crippen LogP contribution is 2.39. The summed E-state index contributed by atoms with van der Waals surface area (Å²) in [6.45, 7) is 9.97. The van der Waals surface area contributed by atoms with E-state index in [2.05, 4.69) is 0 Å². The van der Waals surface area contributed by atoms with Crippen LogP contribution in [0, 0.1) is 0 Å². The van der Waals surface area contributed by atoms with E-state index < -0.39 is 141 Å². The quantitative estimate of drug-likeness (QED) is 0.179. The molecular formula is C33H46O21. The minimum Gasteiger partial charge on any atom is -0.463 e. The van der Waals surface area contributed by atoms with Crippen LogP contribution in [0.5, 0.6) is 0 Å². The molecule has 21 heteroatoms. The zero-order valence-electron chi connectivity index (χ0n) is 31.1. The van der Waals surface area contributed by atoms with Gasteiger partial charge in [0.1, 0.15) is 31.0 Å². The fourth-order valence-corrected chi connectivity index (χ4v) is 6.45. The van der Waals surface area contributed by atoms with Gasteiger partial charge in [-0.1, -0.05) is 0 Å². The molecule has 4 aliphatic rings. The third-order valence-corrected chi connectivity index (χ3v) is 8.24. The summed E-state index contributed by atoms with van der Waals surface area (Å²) in [7, 11) is 0. The predicted molar refractivity (Wildman–Crippen MR) is 168 cm³/mol. The van der Waals surface area contributed by atoms with Crippen LogP contribution in [0.3, 0.4) is 0 Å². The summed E-state index contributed by atoms with van der Waals surface area (Å²) in [5, 5.41) is 0. The molecule has 0 radical (unpaired) electrons. The summed E-state index contributed by atoms with van der Waals surface area (Å²) in [4.78, 5) is 85.2. The molecule has 0 N–H and O–H groups in total. The Bertz CT molecular complexity index is 1400. The monoisotopic (exact) mass is 778 g/mol. The zero-order valence-corrected chi connectivity index (χ0v) is 31.1. The summed E-state index contributed by atoms with van der Waals surface area (Å²) in [6, 6.07) is 0. The van der Waals surface area contributed by atoms with Crippen LogP contribution in [0.2, 0.25) is 0 Å². The standard InChI is InChI=1S/C33H46O21/c1-12-23(53-31-28(48-18(7)39)25(46-16(5)37)21(11-42-31)44-14(3)35)26(30-32(43-12)51-20(9)50-30)54-33-29(49-19(8)40)27(47-17(6)38)24(45-15(4)36)22(52-33)10-41-13(2)34/h12,20-33H,10-11H2,1-9H3/t12-,20-,21+,22+,23-,24+,25-,26+,27-,28+,29+,30+,31-,32+,33-/m0/s1. The Hall–Kier alpha value is -3.99. The van der Waals surface area contributed by atoms with Crippen LogP contribution >= 0.6 is 0 Å². The van der Waals surface area contributed by atoms with Gasteiger partial charge in [-0.2, -0.15) is 0 Å². The lowest BCUT2D eigenvalue weighted by Crippen LogP contribution is -2.66. The molecule has 4 fully saturated rings. The van der Waals surface area contributed by atoms with Gasteiger partial charge in [0.2, 0.25) is 0 Å². The van der Waals surface area contributed by atoms with E-state index in [-0.39, 0.29) is 6.61 Å². The molecule has 4 heterocycles. The summed E-state index contributed by atoms with van der Waals surface area (Å²) in [5.41, 5.74) is 0. The van der Waals surface area contributed by atoms with E-state index in [1.54, 1.807) is 13.8 Å². The van der Waals surface area contributed by atoms with Crippen molar-refractivity contribution in [3.63, 3.8) is 0 Å². The summed E-state index contributed by atoms with van der Waals surface area (Å²) in [5.74, 6) is -5.61. The molecule has 54 heavy (non-hydrogen) atoms. The van der Waals surface area contributed by atoms with Gasteiger partial charge in [-0.25, -0.2) is 0 Å². The average Bonchev–Trinajstić information content (AvgIpc) is 3.41. The van der Waals surface area contributed by atoms with Crippen molar-refractivity contribution in [2.24, 2.45) is 0 Å². The van der Waals surface area contributed by atoms with E-state index in [9.17, 15) is 33.6 Å². The second-order valence-corrected chi connectivity index (χ2v) is 12.8. The normalized spacial score (nSPS) is 37.5. The first-order valence-corrected chi connectivity index (χ1v) is 17.1. The first-order chi connectivity index (χ1) is 25.3. The molecule has 0 aromatic rings. The Labute approximate surface area is 309 Å². The van der Waals surface area contributed by atoms with Crippen LogP contribution in [-0.2, 0) is 99.9 Å². The molecule has 4 rings (SSSR count). The Balaban J connectivity index is 1.75. The fraction of sp³-hybridized carbons (Fsp3) is 0.788. The molecule has 0 bridgehead atoms. The maximum Gasteiger partial charge on any atom is 0.303 e. The number of rotatable bonds is 12. The van der Waals surface area contributed by atoms with Gasteiger partial charge in [0.25, 0.3) is 0 Å². The van der Waals surface area contributed by atoms with Crippen LogP contribution in [0.15, 0.2) is 0 Å². The van der Waals surface area contributed by atoms with Gasteiger partial charge in [0.05, 0.1) is 12.7 Å². The molecule has 15 atom stereocenters. The minimum absolute atomic E-state index is 0.365. The molecule has 0 spiro atoms. The van der Waals surface area contributed by atoms with E-state index in [4.69, 9.17) is 66.3 Å². The van der Waals surface area contributed by atoms with Gasteiger partial charge in [-0.15, -0.1) is 0 Å². The maximum absolute atomic E-state index is 12.5. The second-order valence-electron chi connectivity index (χ2n) is 12.8. The van der Waals surface area contributed by atoms with Crippen molar-refractivity contribution in [1.29, 1.82) is 0 Å². The summed E-state index contributed by atoms with van der Waals surface area (Å²) in [6.07, 6.45) is -19.7. The van der Waals surface area contributed by atoms with Crippen molar-refractivity contribution in [3.8, 4) is 0 Å². The van der Waals surface area contributed by atoms with Gasteiger partial charge in [0.15, 0.2) is 61.8 Å². The number of hydrogen-bond acceptors (Lipinski definition) is 21. The zero-order chi connectivity index (χ0) is 40.0. The van der Waals surface area contributed by atoms with E-state index in [0.717, 1.165) is 48.5 Å². The number of carbonyl (C=O) groups excluding carboxylic acids is 7. The molecule has 21 nitrogen and oxygen atoms in total. The lowest BCUT2D eigenvalue weighted by molar-refractivity contribution is -0.365. The molecule has 0 unspecified atom stereocenters. The third-order valence-electron chi connectivity index (χ3n) is 8.24. The van der Waals surface area contributed by atoms with E-state index >= 15 is 0 Å². The molecule has 4 aliphatic heterocycles. The Morgan fingerprint density at radius 1 is 0.500 bits per heavy atom. The van der Waals surface area contributed by atoms with Crippen LogP contribution < -0.4 is 0 Å². The number of fused-ring (bicyclic) bond motifs is 1. The van der Waals surface area contributed by atoms with Crippen molar-refractivity contribution in [1.82, 2.24) is 0 Å². The third kappa shape index (κ3) is 11.0. The molecule has 0 saturated carbocycles. The highest BCUT2D eigenvalue weighted by atomic mass is 16.8. The van der Waals surface area contributed by atoms with Crippen molar-refractivity contribution in [2.75, 3.05) is 13.2 Å². The number of ether oxygens (including phenoxy) is 14. The SMILES string of the molecule is CC(=O)OC[C@H]1O[C@@H](O[C@@H]2[C@@H](O[C@@H]3OC[C@@H](OC(C)=O)[C@H](OC(C)=O)[C@H]3OC(C)=O)[C@H](C)O[C@@H]3O[C@@H](C)O[C@@H]32)[C@H](OC(C)=O)[C@@H](OC(C)=O)[C@@H]1OC(C)=O. The molecule has 0 amide bonds. The fourth-order valence-electron chi connectivity index (χ4n) is 6.45. The highest BCUT2D eigenvalue weighted by Gasteiger charge is 2.59. The number of esters is 7. The molecule has 4 saturated heterocycles. The van der Waals surface area contributed by atoms with E-state index in [0.29, 0.717) is 0 Å². The summed E-state index contributed by atoms with van der Waals surface area (Å²) < 4.78 is 80.8. The molecule has 0 aliphatic carbocycles. The van der Waals surface area contributed by atoms with Crippen molar-refractivity contribution >= 4 is 41.8 Å². The second kappa shape index (κ2) is 18.6. The molecular weight excluding hydrogens is 732 g/mol. The lowest BCUT2D eigenvalue weighted by atomic mass is 9.96. The Morgan fingerprint density at radius 2 is 1.00 bits per heavy atom. The molecule has 0 aromatic heterocycles. The van der Waals surface area contributed by atoms with Crippen molar-refractivity contribution in [2.45, 2.75) is 155 Å². The van der Waals surface area contributed by atoms with Crippen LogP contribution in [0.25, 0.3) is 0 Å². The van der Waals surface area contributed by atoms with Gasteiger partial charge < -0.3 is 66.3 Å². The Morgan fingerprint density at radius 3 is 1.56 bits per heavy atom. The van der Waals surface area contributed by atoms with Crippen molar-refractivity contribution in [3.05, 3.63) is 0 Å². The number of carbonyl (C=O) groups is 7. The molecule has 304 valence electrons. The first-order valence-electron chi connectivity index (χ1n) is 17.1. The van der Waals surface area contributed by atoms with Crippen molar-refractivity contribution < 1.29 is 99.9 Å². The first kappa shape index (κ1) is 42.7. The largest absolute Gasteiger partial charge is 0.463 e. The van der Waals surface area contributed by atoms with E-state index in [1.165, 1.54) is 0 Å². The van der Waals surface area contributed by atoms with Gasteiger partial charge in [-0.05, 0) is 13.8 Å². The predicted octanol–water partition coefficient (Wildman–Crippen LogP) is -0.502. The van der Waals surface area contributed by atoms with Crippen LogP contribution in [0.1, 0.15) is 62.3 Å². The highest BCUT2D eigenvalue weighted by molar-refractivity contribution is 5.69. The summed E-state index contributed by atoms with van der Waals surface area (Å²) >= 11 is 0. The Kier molecular flexibility index (Phi) is 14.7. The van der Waals surface area contributed by atoms with Gasteiger partial charge >= 0.3 is 41.8 Å². The smallest absolute Gasteiger partial charge is 0.303 e. The average molecular weight is 779 g/mol. The van der Waals surface area contributed by atoms with Gasteiger partial charge in [0, 0.05) is 48.5 Å². The minimum atomic E-state index is -1.68. The van der Waals surface area contributed by atoms with Gasteiger partial charge in [-0.3, -0.25) is 33.6 Å². The maximum atomic E-state index is 12.5. The lowest BCUT2D eigenvalue weighted by Gasteiger charge is -2.48. The van der Waals surface area contributed by atoms with E-state index in [1.807, 2.05) is 0 Å². The van der Waals surface area contributed by atoms with Crippen LogP contribution in [-0.4, -0.2) is 147 Å². The number of hydrogen-bond donors (Lipinski definition) is 0. The topological polar surface area (TPSA) is 249 Å².